The lowest BCUT2D eigenvalue weighted by Crippen LogP contribution is -2.38. The van der Waals surface area contributed by atoms with Crippen LogP contribution in [0.5, 0.6) is 5.75 Å². The van der Waals surface area contributed by atoms with Crippen molar-refractivity contribution in [3.63, 3.8) is 0 Å². The second-order valence-corrected chi connectivity index (χ2v) is 10.6. The van der Waals surface area contributed by atoms with Gasteiger partial charge in [0.1, 0.15) is 42.1 Å². The number of carbonyl (C=O) groups excluding carboxylic acids is 1. The Bertz CT molecular complexity index is 1290. The van der Waals surface area contributed by atoms with Crippen LogP contribution in [0.2, 0.25) is 0 Å². The standard InChI is InChI=1S/C23H30N5O9P/c1-13(2)35-23(31)14(3)27-38(33,37-15-7-5-4-6-8-15)34-11-17-18(29)19(30)22(36-17)28-10-9-16-20(26-32)24-12-25-21(16)28/h4-10,12-14,17-19,22,29-30,32H,11H2,1-3H3,(H,27,33)(H,24,25,26)/t14-,17-,18-,19-,22-,38-/m1/s1. The van der Waals surface area contributed by atoms with Crippen molar-refractivity contribution in [3.05, 3.63) is 48.9 Å². The molecule has 0 amide bonds. The molecule has 0 radical (unpaired) electrons. The molecule has 3 heterocycles. The highest BCUT2D eigenvalue weighted by Gasteiger charge is 2.46. The van der Waals surface area contributed by atoms with Crippen LogP contribution in [0.1, 0.15) is 27.0 Å². The van der Waals surface area contributed by atoms with Crippen LogP contribution in [0.4, 0.5) is 5.82 Å². The van der Waals surface area contributed by atoms with E-state index in [9.17, 15) is 24.8 Å². The van der Waals surface area contributed by atoms with Crippen molar-refractivity contribution in [2.45, 2.75) is 57.5 Å². The molecule has 0 unspecified atom stereocenters. The third-order valence-corrected chi connectivity index (χ3v) is 7.30. The number of carbonyl (C=O) groups is 1. The first-order valence-electron chi connectivity index (χ1n) is 11.8. The minimum Gasteiger partial charge on any atom is -0.462 e. The van der Waals surface area contributed by atoms with Gasteiger partial charge in [0, 0.05) is 6.20 Å². The van der Waals surface area contributed by atoms with E-state index in [2.05, 4.69) is 15.1 Å². The fourth-order valence-corrected chi connectivity index (χ4v) is 5.37. The van der Waals surface area contributed by atoms with Crippen molar-refractivity contribution in [2.24, 2.45) is 0 Å². The molecule has 15 heteroatoms. The number of fused-ring (bicyclic) bond motifs is 1. The zero-order valence-corrected chi connectivity index (χ0v) is 21.8. The fraction of sp³-hybridized carbons (Fsp3) is 0.435. The fourth-order valence-electron chi connectivity index (χ4n) is 3.87. The number of ether oxygens (including phenoxy) is 2. The van der Waals surface area contributed by atoms with Gasteiger partial charge in [0.25, 0.3) is 0 Å². The highest BCUT2D eigenvalue weighted by atomic mass is 31.2. The summed E-state index contributed by atoms with van der Waals surface area (Å²) in [4.78, 5) is 20.4. The molecular formula is C23H30N5O9P. The van der Waals surface area contributed by atoms with Crippen LogP contribution >= 0.6 is 7.75 Å². The van der Waals surface area contributed by atoms with Gasteiger partial charge < -0.3 is 28.8 Å². The molecule has 0 saturated carbocycles. The van der Waals surface area contributed by atoms with Gasteiger partial charge in [0.05, 0.1) is 18.1 Å². The lowest BCUT2D eigenvalue weighted by molar-refractivity contribution is -0.149. The van der Waals surface area contributed by atoms with Gasteiger partial charge in [0.15, 0.2) is 12.0 Å². The van der Waals surface area contributed by atoms with Crippen LogP contribution in [0.25, 0.3) is 11.0 Å². The largest absolute Gasteiger partial charge is 0.462 e. The predicted molar refractivity (Wildman–Crippen MR) is 133 cm³/mol. The number of esters is 1. The molecular weight excluding hydrogens is 521 g/mol. The maximum atomic E-state index is 13.7. The Hall–Kier alpha value is -3.10. The number of benzene rings is 1. The first-order valence-corrected chi connectivity index (χ1v) is 13.4. The van der Waals surface area contributed by atoms with Crippen molar-refractivity contribution in [1.82, 2.24) is 19.6 Å². The van der Waals surface area contributed by atoms with E-state index in [0.717, 1.165) is 0 Å². The van der Waals surface area contributed by atoms with Crippen LogP contribution in [-0.2, 0) is 23.4 Å². The monoisotopic (exact) mass is 551 g/mol. The Morgan fingerprint density at radius 2 is 1.89 bits per heavy atom. The SMILES string of the molecule is CC(C)OC(=O)[C@@H](C)N[P@@](=O)(OC[C@H]1O[C@@H](n2ccc3c(NO)ncnc32)[C@H](O)[C@@H]1O)Oc1ccccc1. The number of anilines is 1. The minimum atomic E-state index is -4.21. The van der Waals surface area contributed by atoms with Crippen molar-refractivity contribution < 1.29 is 43.3 Å². The lowest BCUT2D eigenvalue weighted by Gasteiger charge is -2.25. The van der Waals surface area contributed by atoms with Gasteiger partial charge in [0.2, 0.25) is 0 Å². The van der Waals surface area contributed by atoms with E-state index in [0.29, 0.717) is 11.0 Å². The number of aliphatic hydroxyl groups is 2. The van der Waals surface area contributed by atoms with Crippen LogP contribution in [0.3, 0.4) is 0 Å². The summed E-state index contributed by atoms with van der Waals surface area (Å²) in [5.74, 6) is -0.298. The van der Waals surface area contributed by atoms with Gasteiger partial charge in [-0.15, -0.1) is 0 Å². The summed E-state index contributed by atoms with van der Waals surface area (Å²) in [5, 5.41) is 33.7. The van der Waals surface area contributed by atoms with Crippen LogP contribution < -0.4 is 15.1 Å². The van der Waals surface area contributed by atoms with Gasteiger partial charge in [-0.2, -0.15) is 5.09 Å². The van der Waals surface area contributed by atoms with Crippen LogP contribution in [0.15, 0.2) is 48.9 Å². The van der Waals surface area contributed by atoms with E-state index in [-0.39, 0.29) is 17.7 Å². The summed E-state index contributed by atoms with van der Waals surface area (Å²) in [7, 11) is -4.21. The van der Waals surface area contributed by atoms with Crippen molar-refractivity contribution in [2.75, 3.05) is 12.1 Å². The molecule has 1 aromatic carbocycles. The molecule has 3 aromatic rings. The Labute approximate surface area is 218 Å². The molecule has 14 nitrogen and oxygen atoms in total. The Morgan fingerprint density at radius 1 is 1.16 bits per heavy atom. The third kappa shape index (κ3) is 6.13. The van der Waals surface area contributed by atoms with E-state index >= 15 is 0 Å². The van der Waals surface area contributed by atoms with Gasteiger partial charge in [-0.1, -0.05) is 18.2 Å². The van der Waals surface area contributed by atoms with E-state index in [4.69, 9.17) is 18.5 Å². The van der Waals surface area contributed by atoms with Crippen molar-refractivity contribution in [1.29, 1.82) is 0 Å². The highest BCUT2D eigenvalue weighted by molar-refractivity contribution is 7.52. The number of nitrogens with zero attached hydrogens (tertiary/aromatic N) is 3. The number of hydrogen-bond donors (Lipinski definition) is 5. The van der Waals surface area contributed by atoms with E-state index < -0.39 is 50.9 Å². The number of hydrogen-bond acceptors (Lipinski definition) is 12. The Kier molecular flexibility index (Phi) is 8.63. The molecule has 6 atom stereocenters. The maximum absolute atomic E-state index is 13.7. The molecule has 1 aliphatic heterocycles. The number of aromatic nitrogens is 3. The number of aliphatic hydroxyl groups excluding tert-OH is 2. The van der Waals surface area contributed by atoms with E-state index in [1.54, 1.807) is 56.4 Å². The predicted octanol–water partition coefficient (Wildman–Crippen LogP) is 1.98. The first-order chi connectivity index (χ1) is 18.1. The molecule has 5 N–H and O–H groups in total. The molecule has 0 bridgehead atoms. The molecule has 1 fully saturated rings. The van der Waals surface area contributed by atoms with Crippen molar-refractivity contribution in [3.8, 4) is 5.75 Å². The average Bonchev–Trinajstić information content (AvgIpc) is 3.43. The lowest BCUT2D eigenvalue weighted by atomic mass is 10.1. The summed E-state index contributed by atoms with van der Waals surface area (Å²) in [6.45, 7) is 4.35. The van der Waals surface area contributed by atoms with Gasteiger partial charge in [-0.3, -0.25) is 20.0 Å². The molecule has 38 heavy (non-hydrogen) atoms. The molecule has 2 aromatic heterocycles. The summed E-state index contributed by atoms with van der Waals surface area (Å²) in [5.41, 5.74) is 2.30. The quantitative estimate of drug-likeness (QED) is 0.132. The first kappa shape index (κ1) is 27.9. The average molecular weight is 551 g/mol. The normalized spacial score (nSPS) is 23.8. The second-order valence-electron chi connectivity index (χ2n) is 8.87. The summed E-state index contributed by atoms with van der Waals surface area (Å²) >= 11 is 0. The third-order valence-electron chi connectivity index (χ3n) is 5.66. The maximum Gasteiger partial charge on any atom is 0.459 e. The summed E-state index contributed by atoms with van der Waals surface area (Å²) in [6, 6.07) is 8.75. The second kappa shape index (κ2) is 11.7. The van der Waals surface area contributed by atoms with Crippen LogP contribution in [-0.4, -0.2) is 73.0 Å². The molecule has 0 aliphatic carbocycles. The molecule has 1 aliphatic rings. The Balaban J connectivity index is 1.50. The topological polar surface area (TPSA) is 187 Å². The van der Waals surface area contributed by atoms with E-state index in [1.807, 2.05) is 5.48 Å². The van der Waals surface area contributed by atoms with Gasteiger partial charge in [-0.05, 0) is 39.0 Å². The summed E-state index contributed by atoms with van der Waals surface area (Å²) < 4.78 is 37.3. The highest BCUT2D eigenvalue weighted by Crippen LogP contribution is 2.46. The number of rotatable bonds is 11. The van der Waals surface area contributed by atoms with Crippen molar-refractivity contribution >= 4 is 30.6 Å². The molecule has 0 spiro atoms. The van der Waals surface area contributed by atoms with Crippen LogP contribution in [0, 0.1) is 0 Å². The zero-order chi connectivity index (χ0) is 27.4. The summed E-state index contributed by atoms with van der Waals surface area (Å²) in [6.07, 6.45) is -2.66. The van der Waals surface area contributed by atoms with Gasteiger partial charge in [-0.25, -0.2) is 14.5 Å². The van der Waals surface area contributed by atoms with E-state index in [1.165, 1.54) is 17.8 Å². The smallest absolute Gasteiger partial charge is 0.459 e. The zero-order valence-electron chi connectivity index (χ0n) is 20.9. The molecule has 206 valence electrons. The number of nitrogens with one attached hydrogen (secondary N) is 2. The minimum absolute atomic E-state index is 0.150. The Morgan fingerprint density at radius 3 is 2.58 bits per heavy atom. The molecule has 1 saturated heterocycles. The number of para-hydroxylation sites is 1. The van der Waals surface area contributed by atoms with Gasteiger partial charge >= 0.3 is 13.7 Å². The molecule has 4 rings (SSSR count).